The van der Waals surface area contributed by atoms with Gasteiger partial charge in [-0.3, -0.25) is 14.9 Å². The van der Waals surface area contributed by atoms with E-state index in [-0.39, 0.29) is 11.6 Å². The summed E-state index contributed by atoms with van der Waals surface area (Å²) in [6, 6.07) is 17.4. The quantitative estimate of drug-likeness (QED) is 0.303. The number of para-hydroxylation sites is 2. The number of aryl methyl sites for hydroxylation is 2. The van der Waals surface area contributed by atoms with Crippen LogP contribution in [0.2, 0.25) is 0 Å². The standard InChI is InChI=1S/C26H25N5O2/c32-25-23(24(26(33)29-25)28-19-9-3-1-4-10-19)21-17-31(22-12-6-5-11-20(21)22)15-8-2-7-14-30-16-13-27-18-30/h1,3-6,9-13,16-18H,2,7-8,14-15H2,(H2,28,29,32,33). The maximum absolute atomic E-state index is 12.8. The molecule has 0 bridgehead atoms. The molecule has 33 heavy (non-hydrogen) atoms. The van der Waals surface area contributed by atoms with Crippen molar-refractivity contribution < 1.29 is 9.59 Å². The fourth-order valence-electron chi connectivity index (χ4n) is 4.30. The van der Waals surface area contributed by atoms with Gasteiger partial charge in [0, 0.05) is 53.8 Å². The highest BCUT2D eigenvalue weighted by Gasteiger charge is 2.33. The average molecular weight is 440 g/mol. The molecule has 4 aromatic rings. The Hall–Kier alpha value is -4.13. The molecule has 0 atom stereocenters. The van der Waals surface area contributed by atoms with Crippen LogP contribution in [0.4, 0.5) is 5.69 Å². The third-order valence-corrected chi connectivity index (χ3v) is 5.91. The second-order valence-corrected chi connectivity index (χ2v) is 8.14. The van der Waals surface area contributed by atoms with E-state index >= 15 is 0 Å². The van der Waals surface area contributed by atoms with Gasteiger partial charge in [0.2, 0.25) is 0 Å². The Balaban J connectivity index is 1.41. The van der Waals surface area contributed by atoms with E-state index in [0.29, 0.717) is 5.57 Å². The summed E-state index contributed by atoms with van der Waals surface area (Å²) in [6.45, 7) is 1.80. The SMILES string of the molecule is O=C1NC(=O)C(c2cn(CCCCCn3ccnc3)c3ccccc23)=C1Nc1ccccc1. The van der Waals surface area contributed by atoms with E-state index in [2.05, 4.69) is 30.8 Å². The van der Waals surface area contributed by atoms with Gasteiger partial charge < -0.3 is 14.5 Å². The first-order chi connectivity index (χ1) is 16.2. The molecule has 1 aliphatic heterocycles. The van der Waals surface area contributed by atoms with Crippen LogP contribution in [0.5, 0.6) is 0 Å². The first-order valence-corrected chi connectivity index (χ1v) is 11.2. The molecule has 0 saturated carbocycles. The van der Waals surface area contributed by atoms with Gasteiger partial charge in [0.1, 0.15) is 5.70 Å². The van der Waals surface area contributed by atoms with Crippen LogP contribution in [0, 0.1) is 0 Å². The molecular weight excluding hydrogens is 414 g/mol. The molecule has 5 rings (SSSR count). The zero-order valence-electron chi connectivity index (χ0n) is 18.2. The van der Waals surface area contributed by atoms with E-state index in [4.69, 9.17) is 0 Å². The van der Waals surface area contributed by atoms with Gasteiger partial charge in [-0.05, 0) is 37.5 Å². The molecule has 1 aliphatic rings. The Morgan fingerprint density at radius 2 is 1.67 bits per heavy atom. The number of rotatable bonds is 9. The molecule has 0 spiro atoms. The first-order valence-electron chi connectivity index (χ1n) is 11.2. The number of benzene rings is 2. The van der Waals surface area contributed by atoms with Crippen molar-refractivity contribution in [1.82, 2.24) is 19.4 Å². The Kier molecular flexibility index (Phi) is 5.76. The average Bonchev–Trinajstić information content (AvgIpc) is 3.54. The molecule has 2 aromatic heterocycles. The molecule has 0 saturated heterocycles. The fraction of sp³-hybridized carbons (Fsp3) is 0.192. The fourth-order valence-corrected chi connectivity index (χ4v) is 4.30. The van der Waals surface area contributed by atoms with E-state index < -0.39 is 5.91 Å². The Labute approximate surface area is 191 Å². The van der Waals surface area contributed by atoms with Gasteiger partial charge in [0.05, 0.1) is 11.9 Å². The predicted molar refractivity (Wildman–Crippen MR) is 128 cm³/mol. The molecule has 0 radical (unpaired) electrons. The number of nitrogens with zero attached hydrogens (tertiary/aromatic N) is 3. The van der Waals surface area contributed by atoms with Crippen LogP contribution in [-0.2, 0) is 22.7 Å². The van der Waals surface area contributed by atoms with E-state index in [1.54, 1.807) is 6.20 Å². The Morgan fingerprint density at radius 1 is 0.879 bits per heavy atom. The molecule has 0 unspecified atom stereocenters. The molecule has 3 heterocycles. The van der Waals surface area contributed by atoms with Crippen molar-refractivity contribution in [2.75, 3.05) is 5.32 Å². The second kappa shape index (κ2) is 9.16. The van der Waals surface area contributed by atoms with Gasteiger partial charge in [-0.1, -0.05) is 36.4 Å². The van der Waals surface area contributed by atoms with Gasteiger partial charge in [-0.25, -0.2) is 4.98 Å². The highest BCUT2D eigenvalue weighted by atomic mass is 16.2. The van der Waals surface area contributed by atoms with Crippen molar-refractivity contribution in [3.63, 3.8) is 0 Å². The summed E-state index contributed by atoms with van der Waals surface area (Å²) in [5, 5.41) is 6.56. The molecule has 2 N–H and O–H groups in total. The van der Waals surface area contributed by atoms with Gasteiger partial charge in [-0.2, -0.15) is 0 Å². The lowest BCUT2D eigenvalue weighted by Gasteiger charge is -2.07. The summed E-state index contributed by atoms with van der Waals surface area (Å²) < 4.78 is 4.28. The number of imidazole rings is 1. The minimum absolute atomic E-state index is 0.287. The lowest BCUT2D eigenvalue weighted by atomic mass is 10.0. The van der Waals surface area contributed by atoms with Crippen LogP contribution in [0.25, 0.3) is 16.5 Å². The summed E-state index contributed by atoms with van der Waals surface area (Å²) in [5.74, 6) is -0.781. The molecule has 7 nitrogen and oxygen atoms in total. The number of unbranched alkanes of at least 4 members (excludes halogenated alkanes) is 2. The Morgan fingerprint density at radius 3 is 2.48 bits per heavy atom. The maximum Gasteiger partial charge on any atom is 0.275 e. The summed E-state index contributed by atoms with van der Waals surface area (Å²) in [4.78, 5) is 29.5. The lowest BCUT2D eigenvalue weighted by Crippen LogP contribution is -2.24. The van der Waals surface area contributed by atoms with Crippen molar-refractivity contribution in [2.24, 2.45) is 0 Å². The summed E-state index contributed by atoms with van der Waals surface area (Å²) >= 11 is 0. The molecule has 0 fully saturated rings. The van der Waals surface area contributed by atoms with Crippen LogP contribution in [0.1, 0.15) is 24.8 Å². The van der Waals surface area contributed by atoms with Gasteiger partial charge in [-0.15, -0.1) is 0 Å². The van der Waals surface area contributed by atoms with Crippen molar-refractivity contribution in [3.05, 3.63) is 90.8 Å². The highest BCUT2D eigenvalue weighted by Crippen LogP contribution is 2.32. The number of anilines is 1. The van der Waals surface area contributed by atoms with Gasteiger partial charge >= 0.3 is 0 Å². The monoisotopic (exact) mass is 439 g/mol. The predicted octanol–water partition coefficient (Wildman–Crippen LogP) is 4.19. The number of carbonyl (C=O) groups is 2. The normalized spacial score (nSPS) is 13.7. The van der Waals surface area contributed by atoms with Crippen molar-refractivity contribution >= 4 is 34.0 Å². The molecule has 166 valence electrons. The van der Waals surface area contributed by atoms with E-state index in [1.165, 1.54) is 0 Å². The number of nitrogens with one attached hydrogen (secondary N) is 2. The number of hydrogen-bond acceptors (Lipinski definition) is 4. The zero-order chi connectivity index (χ0) is 22.6. The smallest absolute Gasteiger partial charge is 0.275 e. The number of amides is 2. The van der Waals surface area contributed by atoms with Crippen LogP contribution < -0.4 is 10.6 Å². The van der Waals surface area contributed by atoms with Crippen LogP contribution in [0.3, 0.4) is 0 Å². The van der Waals surface area contributed by atoms with Gasteiger partial charge in [0.25, 0.3) is 11.8 Å². The summed E-state index contributed by atoms with van der Waals surface area (Å²) in [5.41, 5.74) is 3.26. The largest absolute Gasteiger partial charge is 0.350 e. The van der Waals surface area contributed by atoms with E-state index in [1.807, 2.05) is 67.3 Å². The lowest BCUT2D eigenvalue weighted by molar-refractivity contribution is -0.123. The molecular formula is C26H25N5O2. The summed E-state index contributed by atoms with van der Waals surface area (Å²) in [6.07, 6.45) is 10.8. The number of hydrogen-bond donors (Lipinski definition) is 2. The third kappa shape index (κ3) is 4.30. The molecule has 2 aromatic carbocycles. The van der Waals surface area contributed by atoms with Crippen LogP contribution >= 0.6 is 0 Å². The number of imide groups is 1. The summed E-state index contributed by atoms with van der Waals surface area (Å²) in [7, 11) is 0. The van der Waals surface area contributed by atoms with Crippen molar-refractivity contribution in [2.45, 2.75) is 32.4 Å². The van der Waals surface area contributed by atoms with Crippen LogP contribution in [0.15, 0.2) is 85.2 Å². The minimum atomic E-state index is -0.407. The number of fused-ring (bicyclic) bond motifs is 1. The maximum atomic E-state index is 12.8. The minimum Gasteiger partial charge on any atom is -0.350 e. The second-order valence-electron chi connectivity index (χ2n) is 8.14. The molecule has 7 heteroatoms. The highest BCUT2D eigenvalue weighted by molar-refractivity contribution is 6.38. The third-order valence-electron chi connectivity index (χ3n) is 5.91. The molecule has 2 amide bonds. The van der Waals surface area contributed by atoms with Gasteiger partial charge in [0.15, 0.2) is 0 Å². The topological polar surface area (TPSA) is 81.0 Å². The van der Waals surface area contributed by atoms with E-state index in [0.717, 1.165) is 54.5 Å². The number of carbonyl (C=O) groups excluding carboxylic acids is 2. The van der Waals surface area contributed by atoms with Crippen LogP contribution in [-0.4, -0.2) is 25.9 Å². The first kappa shape index (κ1) is 20.8. The van der Waals surface area contributed by atoms with E-state index in [9.17, 15) is 9.59 Å². The molecule has 0 aliphatic carbocycles. The number of aromatic nitrogens is 3. The van der Waals surface area contributed by atoms with Crippen molar-refractivity contribution in [3.8, 4) is 0 Å². The Bertz CT molecular complexity index is 1320. The van der Waals surface area contributed by atoms with Crippen molar-refractivity contribution in [1.29, 1.82) is 0 Å². The zero-order valence-corrected chi connectivity index (χ0v) is 18.2.